The van der Waals surface area contributed by atoms with Crippen LogP contribution in [-0.2, 0) is 12.8 Å². The van der Waals surface area contributed by atoms with E-state index >= 15 is 0 Å². The average Bonchev–Trinajstić information content (AvgIpc) is 2.47. The van der Waals surface area contributed by atoms with Crippen LogP contribution >= 0.6 is 0 Å². The smallest absolute Gasteiger partial charge is 0.139 e. The second-order valence-electron chi connectivity index (χ2n) is 5.32. The first kappa shape index (κ1) is 15.3. The number of benzene rings is 1. The second kappa shape index (κ2) is 7.07. The van der Waals surface area contributed by atoms with E-state index in [-0.39, 0.29) is 0 Å². The third-order valence-corrected chi connectivity index (χ3v) is 3.46. The predicted molar refractivity (Wildman–Crippen MR) is 88.9 cm³/mol. The minimum Gasteiger partial charge on any atom is -0.383 e. The van der Waals surface area contributed by atoms with E-state index in [0.717, 1.165) is 48.6 Å². The molecule has 21 heavy (non-hydrogen) atoms. The highest BCUT2D eigenvalue weighted by Crippen LogP contribution is 2.22. The molecule has 0 fully saturated rings. The molecule has 112 valence electrons. The summed E-state index contributed by atoms with van der Waals surface area (Å²) in [5.74, 6) is 2.15. The lowest BCUT2D eigenvalue weighted by molar-refractivity contribution is 0.836. The molecule has 4 heteroatoms. The Morgan fingerprint density at radius 3 is 2.29 bits per heavy atom. The molecule has 2 aromatic rings. The third-order valence-electron chi connectivity index (χ3n) is 3.46. The van der Waals surface area contributed by atoms with Gasteiger partial charge >= 0.3 is 0 Å². The first-order valence-corrected chi connectivity index (χ1v) is 7.63. The molecule has 3 N–H and O–H groups in total. The molecule has 0 aliphatic rings. The van der Waals surface area contributed by atoms with Crippen molar-refractivity contribution in [2.45, 2.75) is 46.5 Å². The van der Waals surface area contributed by atoms with Crippen molar-refractivity contribution >= 4 is 17.3 Å². The average molecular weight is 284 g/mol. The zero-order valence-corrected chi connectivity index (χ0v) is 13.1. The van der Waals surface area contributed by atoms with Crippen molar-refractivity contribution in [1.29, 1.82) is 0 Å². The Morgan fingerprint density at radius 1 is 1.00 bits per heavy atom. The molecule has 0 saturated carbocycles. The van der Waals surface area contributed by atoms with Gasteiger partial charge in [0.2, 0.25) is 0 Å². The number of rotatable bonds is 6. The van der Waals surface area contributed by atoms with E-state index < -0.39 is 0 Å². The van der Waals surface area contributed by atoms with Gasteiger partial charge in [0.15, 0.2) is 0 Å². The molecule has 2 rings (SSSR count). The van der Waals surface area contributed by atoms with Gasteiger partial charge in [-0.15, -0.1) is 0 Å². The number of aryl methyl sites for hydroxylation is 2. The standard InChI is InChI=1S/C17H24N4/c1-4-6-13-8-10-14(11-9-13)19-17-12(3)16(18)20-15(21-17)7-5-2/h8-11H,4-7H2,1-3H3,(H3,18,19,20,21). The van der Waals surface area contributed by atoms with E-state index in [9.17, 15) is 0 Å². The van der Waals surface area contributed by atoms with E-state index in [1.54, 1.807) is 0 Å². The van der Waals surface area contributed by atoms with Gasteiger partial charge in [-0.3, -0.25) is 0 Å². The van der Waals surface area contributed by atoms with Crippen molar-refractivity contribution < 1.29 is 0 Å². The summed E-state index contributed by atoms with van der Waals surface area (Å²) < 4.78 is 0. The molecule has 0 aliphatic heterocycles. The van der Waals surface area contributed by atoms with E-state index in [1.165, 1.54) is 5.56 Å². The molecule has 0 atom stereocenters. The summed E-state index contributed by atoms with van der Waals surface area (Å²) in [7, 11) is 0. The summed E-state index contributed by atoms with van der Waals surface area (Å²) in [5.41, 5.74) is 9.26. The van der Waals surface area contributed by atoms with Crippen molar-refractivity contribution in [3.8, 4) is 0 Å². The molecule has 0 spiro atoms. The van der Waals surface area contributed by atoms with E-state index in [0.29, 0.717) is 5.82 Å². The van der Waals surface area contributed by atoms with Crippen LogP contribution in [0.1, 0.15) is 43.6 Å². The molecule has 0 aliphatic carbocycles. The predicted octanol–water partition coefficient (Wildman–Crippen LogP) is 4.02. The largest absolute Gasteiger partial charge is 0.383 e. The number of nitrogens with two attached hydrogens (primary N) is 1. The van der Waals surface area contributed by atoms with Gasteiger partial charge in [-0.1, -0.05) is 32.4 Å². The van der Waals surface area contributed by atoms with Gasteiger partial charge in [-0.25, -0.2) is 9.97 Å². The summed E-state index contributed by atoms with van der Waals surface area (Å²) in [4.78, 5) is 8.90. The van der Waals surface area contributed by atoms with Crippen LogP contribution in [-0.4, -0.2) is 9.97 Å². The van der Waals surface area contributed by atoms with Gasteiger partial charge in [0, 0.05) is 17.7 Å². The highest BCUT2D eigenvalue weighted by molar-refractivity contribution is 5.63. The number of aromatic nitrogens is 2. The second-order valence-corrected chi connectivity index (χ2v) is 5.32. The topological polar surface area (TPSA) is 63.8 Å². The molecular formula is C17H24N4. The van der Waals surface area contributed by atoms with Crippen LogP contribution in [0, 0.1) is 6.92 Å². The minimum absolute atomic E-state index is 0.554. The fourth-order valence-corrected chi connectivity index (χ4v) is 2.22. The van der Waals surface area contributed by atoms with Gasteiger partial charge < -0.3 is 11.1 Å². The Labute approximate surface area is 126 Å². The van der Waals surface area contributed by atoms with E-state index in [2.05, 4.69) is 53.4 Å². The molecule has 0 amide bonds. The Kier molecular flexibility index (Phi) is 5.14. The summed E-state index contributed by atoms with van der Waals surface area (Å²) >= 11 is 0. The van der Waals surface area contributed by atoms with Crippen molar-refractivity contribution in [3.05, 3.63) is 41.2 Å². The van der Waals surface area contributed by atoms with Crippen LogP contribution < -0.4 is 11.1 Å². The van der Waals surface area contributed by atoms with Crippen LogP contribution in [0.25, 0.3) is 0 Å². The number of nitrogens with one attached hydrogen (secondary N) is 1. The Hall–Kier alpha value is -2.10. The Morgan fingerprint density at radius 2 is 1.67 bits per heavy atom. The number of nitrogens with zero attached hydrogens (tertiary/aromatic N) is 2. The van der Waals surface area contributed by atoms with Crippen LogP contribution in [0.4, 0.5) is 17.3 Å². The Balaban J connectivity index is 2.21. The molecule has 0 saturated heterocycles. The van der Waals surface area contributed by atoms with E-state index in [4.69, 9.17) is 5.73 Å². The highest BCUT2D eigenvalue weighted by atomic mass is 15.1. The fraction of sp³-hybridized carbons (Fsp3) is 0.412. The van der Waals surface area contributed by atoms with E-state index in [1.807, 2.05) is 6.92 Å². The quantitative estimate of drug-likeness (QED) is 0.841. The van der Waals surface area contributed by atoms with Crippen LogP contribution in [0.3, 0.4) is 0 Å². The van der Waals surface area contributed by atoms with Gasteiger partial charge in [0.1, 0.15) is 17.5 Å². The summed E-state index contributed by atoms with van der Waals surface area (Å²) in [5, 5.41) is 3.35. The summed E-state index contributed by atoms with van der Waals surface area (Å²) in [6.45, 7) is 6.24. The number of hydrogen-bond donors (Lipinski definition) is 2. The summed E-state index contributed by atoms with van der Waals surface area (Å²) in [6.07, 6.45) is 4.12. The normalized spacial score (nSPS) is 10.6. The maximum atomic E-state index is 5.98. The molecule has 4 nitrogen and oxygen atoms in total. The molecule has 1 aromatic heterocycles. The first-order chi connectivity index (χ1) is 10.1. The van der Waals surface area contributed by atoms with Crippen molar-refractivity contribution in [2.75, 3.05) is 11.1 Å². The third kappa shape index (κ3) is 3.94. The van der Waals surface area contributed by atoms with Crippen LogP contribution in [0.15, 0.2) is 24.3 Å². The molecule has 1 aromatic carbocycles. The minimum atomic E-state index is 0.554. The molecule has 1 heterocycles. The van der Waals surface area contributed by atoms with Gasteiger partial charge in [0.25, 0.3) is 0 Å². The molecule has 0 radical (unpaired) electrons. The van der Waals surface area contributed by atoms with Crippen LogP contribution in [0.2, 0.25) is 0 Å². The molecule has 0 bridgehead atoms. The van der Waals surface area contributed by atoms with Gasteiger partial charge in [0.05, 0.1) is 0 Å². The maximum absolute atomic E-state index is 5.98. The number of hydrogen-bond acceptors (Lipinski definition) is 4. The number of nitrogen functional groups attached to an aromatic ring is 1. The summed E-state index contributed by atoms with van der Waals surface area (Å²) in [6, 6.07) is 8.47. The van der Waals surface area contributed by atoms with Gasteiger partial charge in [-0.05, 0) is 37.5 Å². The highest BCUT2D eigenvalue weighted by Gasteiger charge is 2.08. The maximum Gasteiger partial charge on any atom is 0.139 e. The van der Waals surface area contributed by atoms with Gasteiger partial charge in [-0.2, -0.15) is 0 Å². The molecular weight excluding hydrogens is 260 g/mol. The van der Waals surface area contributed by atoms with Crippen LogP contribution in [0.5, 0.6) is 0 Å². The van der Waals surface area contributed by atoms with Crippen molar-refractivity contribution in [1.82, 2.24) is 9.97 Å². The first-order valence-electron chi connectivity index (χ1n) is 7.63. The SMILES string of the molecule is CCCc1ccc(Nc2nc(CCC)nc(N)c2C)cc1. The lowest BCUT2D eigenvalue weighted by Crippen LogP contribution is -2.07. The monoisotopic (exact) mass is 284 g/mol. The van der Waals surface area contributed by atoms with Crippen molar-refractivity contribution in [2.24, 2.45) is 0 Å². The lowest BCUT2D eigenvalue weighted by Gasteiger charge is -2.12. The molecule has 0 unspecified atom stereocenters. The fourth-order valence-electron chi connectivity index (χ4n) is 2.22. The zero-order valence-electron chi connectivity index (χ0n) is 13.1. The van der Waals surface area contributed by atoms with Crippen molar-refractivity contribution in [3.63, 3.8) is 0 Å². The zero-order chi connectivity index (χ0) is 15.2. The lowest BCUT2D eigenvalue weighted by atomic mass is 10.1. The number of anilines is 3. The Bertz CT molecular complexity index is 590.